The molecule has 3 aliphatic heterocycles. The number of carbonyl (C=O) groups is 1. The van der Waals surface area contributed by atoms with Crippen molar-refractivity contribution in [1.82, 2.24) is 19.7 Å². The Morgan fingerprint density at radius 2 is 1.91 bits per heavy atom. The van der Waals surface area contributed by atoms with E-state index in [0.29, 0.717) is 36.9 Å². The number of nitrogens with zero attached hydrogens (tertiary/aromatic N) is 5. The van der Waals surface area contributed by atoms with Crippen molar-refractivity contribution in [3.63, 3.8) is 0 Å². The predicted octanol–water partition coefficient (Wildman–Crippen LogP) is 3.24. The molecule has 2 saturated heterocycles. The standard InChI is InChI=1S/C25H28ClN5O3/c1-25(23(32)20-13-19(26)12-17-15-28-31(25)22(17)20)18-4-6-30(7-5-18)24(33)16-2-3-21(27-14-16)29-8-10-34-11-9-29/h2-3,12-15,18,23,32H,4-11H2,1H3/t23-,25?/m1/s1. The molecule has 1 unspecified atom stereocenters. The molecule has 3 aliphatic rings. The molecule has 178 valence electrons. The van der Waals surface area contributed by atoms with E-state index in [1.165, 1.54) is 0 Å². The number of halogens is 1. The molecule has 0 bridgehead atoms. The number of pyridine rings is 1. The summed E-state index contributed by atoms with van der Waals surface area (Å²) in [5.74, 6) is 1.07. The van der Waals surface area contributed by atoms with Gasteiger partial charge < -0.3 is 19.6 Å². The molecule has 1 aromatic carbocycles. The molecule has 1 N–H and O–H groups in total. The second-order valence-corrected chi connectivity index (χ2v) is 10.1. The lowest BCUT2D eigenvalue weighted by Crippen LogP contribution is -2.48. The molecule has 2 fully saturated rings. The SMILES string of the molecule is CC1(C2CCN(C(=O)c3ccc(N4CCOCC4)nc3)CC2)[C@H](O)c2cc(Cl)cc3cnn1c23. The summed E-state index contributed by atoms with van der Waals surface area (Å²) in [6.07, 6.45) is 4.41. The van der Waals surface area contributed by atoms with E-state index in [2.05, 4.69) is 21.9 Å². The van der Waals surface area contributed by atoms with Crippen LogP contribution in [0.1, 0.15) is 41.8 Å². The minimum atomic E-state index is -0.679. The zero-order valence-electron chi connectivity index (χ0n) is 19.2. The molecule has 1 amide bonds. The number of ether oxygens (including phenoxy) is 1. The molecular weight excluding hydrogens is 454 g/mol. The highest BCUT2D eigenvalue weighted by molar-refractivity contribution is 6.31. The van der Waals surface area contributed by atoms with Gasteiger partial charge in [0.1, 0.15) is 11.9 Å². The van der Waals surface area contributed by atoms with Gasteiger partial charge in [-0.25, -0.2) is 4.98 Å². The summed E-state index contributed by atoms with van der Waals surface area (Å²) >= 11 is 6.29. The lowest BCUT2D eigenvalue weighted by Gasteiger charge is -2.43. The minimum Gasteiger partial charge on any atom is -0.386 e. The van der Waals surface area contributed by atoms with Gasteiger partial charge in [0, 0.05) is 48.3 Å². The molecular formula is C25H28ClN5O3. The minimum absolute atomic E-state index is 0.00754. The van der Waals surface area contributed by atoms with Crippen LogP contribution in [0.5, 0.6) is 0 Å². The molecule has 8 nitrogen and oxygen atoms in total. The molecule has 0 aliphatic carbocycles. The third-order valence-electron chi connectivity index (χ3n) is 7.90. The van der Waals surface area contributed by atoms with E-state index in [1.807, 2.05) is 40.0 Å². The summed E-state index contributed by atoms with van der Waals surface area (Å²) < 4.78 is 7.38. The zero-order valence-corrected chi connectivity index (χ0v) is 19.9. The molecule has 2 aromatic heterocycles. The summed E-state index contributed by atoms with van der Waals surface area (Å²) in [5.41, 5.74) is 1.85. The van der Waals surface area contributed by atoms with Crippen LogP contribution in [0.15, 0.2) is 36.7 Å². The van der Waals surface area contributed by atoms with Crippen molar-refractivity contribution in [2.75, 3.05) is 44.3 Å². The Kier molecular flexibility index (Phi) is 5.28. The summed E-state index contributed by atoms with van der Waals surface area (Å²) in [5, 5.41) is 17.5. The Balaban J connectivity index is 1.15. The molecule has 2 atom stereocenters. The number of anilines is 1. The van der Waals surface area contributed by atoms with Crippen molar-refractivity contribution in [2.24, 2.45) is 5.92 Å². The Morgan fingerprint density at radius 1 is 1.15 bits per heavy atom. The molecule has 9 heteroatoms. The predicted molar refractivity (Wildman–Crippen MR) is 129 cm³/mol. The number of aliphatic hydroxyl groups excluding tert-OH is 1. The number of carbonyl (C=O) groups excluding carboxylic acids is 1. The van der Waals surface area contributed by atoms with Crippen LogP contribution in [0.4, 0.5) is 5.82 Å². The summed E-state index contributed by atoms with van der Waals surface area (Å²) in [6.45, 7) is 6.39. The Labute approximate surface area is 203 Å². The van der Waals surface area contributed by atoms with Gasteiger partial charge in [0.2, 0.25) is 0 Å². The largest absolute Gasteiger partial charge is 0.386 e. The number of hydrogen-bond donors (Lipinski definition) is 1. The van der Waals surface area contributed by atoms with Gasteiger partial charge in [-0.3, -0.25) is 9.48 Å². The van der Waals surface area contributed by atoms with Crippen LogP contribution in [0.25, 0.3) is 10.9 Å². The van der Waals surface area contributed by atoms with E-state index in [-0.39, 0.29) is 11.8 Å². The number of rotatable bonds is 3. The maximum atomic E-state index is 13.2. The van der Waals surface area contributed by atoms with E-state index < -0.39 is 11.6 Å². The molecule has 0 saturated carbocycles. The van der Waals surface area contributed by atoms with E-state index in [0.717, 1.165) is 48.2 Å². The summed E-state index contributed by atoms with van der Waals surface area (Å²) in [7, 11) is 0. The van der Waals surface area contributed by atoms with Crippen molar-refractivity contribution in [3.05, 3.63) is 52.8 Å². The van der Waals surface area contributed by atoms with Gasteiger partial charge in [-0.05, 0) is 49.9 Å². The smallest absolute Gasteiger partial charge is 0.255 e. The fraction of sp³-hybridized carbons (Fsp3) is 0.480. The van der Waals surface area contributed by atoms with Gasteiger partial charge in [0.05, 0.1) is 36.0 Å². The summed E-state index contributed by atoms with van der Waals surface area (Å²) in [6, 6.07) is 7.54. The van der Waals surface area contributed by atoms with Gasteiger partial charge in [0.25, 0.3) is 5.91 Å². The fourth-order valence-electron chi connectivity index (χ4n) is 5.91. The van der Waals surface area contributed by atoms with Crippen molar-refractivity contribution >= 4 is 34.2 Å². The van der Waals surface area contributed by atoms with Crippen LogP contribution in [-0.2, 0) is 10.3 Å². The van der Waals surface area contributed by atoms with Crippen molar-refractivity contribution in [2.45, 2.75) is 31.4 Å². The van der Waals surface area contributed by atoms with Gasteiger partial charge in [-0.1, -0.05) is 11.6 Å². The zero-order chi connectivity index (χ0) is 23.4. The molecule has 6 rings (SSSR count). The van der Waals surface area contributed by atoms with Crippen LogP contribution in [-0.4, -0.2) is 70.1 Å². The number of piperidine rings is 1. The molecule has 0 radical (unpaired) electrons. The highest BCUT2D eigenvalue weighted by atomic mass is 35.5. The Hall–Kier alpha value is -2.68. The molecule has 5 heterocycles. The number of benzene rings is 1. The van der Waals surface area contributed by atoms with E-state index in [4.69, 9.17) is 16.3 Å². The normalized spacial score (nSPS) is 25.3. The number of aromatic nitrogens is 3. The van der Waals surface area contributed by atoms with Crippen LogP contribution in [0, 0.1) is 5.92 Å². The van der Waals surface area contributed by atoms with Crippen molar-refractivity contribution in [3.8, 4) is 0 Å². The second kappa shape index (κ2) is 8.22. The van der Waals surface area contributed by atoms with Crippen LogP contribution in [0.2, 0.25) is 5.02 Å². The number of aliphatic hydroxyl groups is 1. The number of likely N-dealkylation sites (tertiary alicyclic amines) is 1. The average Bonchev–Trinajstić information content (AvgIpc) is 3.40. The fourth-order valence-corrected chi connectivity index (χ4v) is 6.14. The first-order valence-electron chi connectivity index (χ1n) is 11.9. The van der Waals surface area contributed by atoms with Gasteiger partial charge in [-0.15, -0.1) is 0 Å². The lowest BCUT2D eigenvalue weighted by atomic mass is 9.75. The van der Waals surface area contributed by atoms with Crippen LogP contribution in [0.3, 0.4) is 0 Å². The van der Waals surface area contributed by atoms with Crippen LogP contribution >= 0.6 is 11.6 Å². The second-order valence-electron chi connectivity index (χ2n) is 9.69. The maximum absolute atomic E-state index is 13.2. The summed E-state index contributed by atoms with van der Waals surface area (Å²) in [4.78, 5) is 21.8. The van der Waals surface area contributed by atoms with Gasteiger partial charge in [-0.2, -0.15) is 5.10 Å². The van der Waals surface area contributed by atoms with E-state index >= 15 is 0 Å². The molecule has 3 aromatic rings. The van der Waals surface area contributed by atoms with E-state index in [1.54, 1.807) is 6.20 Å². The van der Waals surface area contributed by atoms with Crippen LogP contribution < -0.4 is 4.90 Å². The lowest BCUT2D eigenvalue weighted by molar-refractivity contribution is -0.0138. The Morgan fingerprint density at radius 3 is 2.62 bits per heavy atom. The average molecular weight is 482 g/mol. The van der Waals surface area contributed by atoms with Gasteiger partial charge >= 0.3 is 0 Å². The first kappa shape index (κ1) is 21.8. The quantitative estimate of drug-likeness (QED) is 0.618. The van der Waals surface area contributed by atoms with E-state index in [9.17, 15) is 9.90 Å². The highest BCUT2D eigenvalue weighted by Gasteiger charge is 2.50. The van der Waals surface area contributed by atoms with Crippen molar-refractivity contribution in [1.29, 1.82) is 0 Å². The van der Waals surface area contributed by atoms with Crippen molar-refractivity contribution < 1.29 is 14.6 Å². The van der Waals surface area contributed by atoms with Gasteiger partial charge in [0.15, 0.2) is 0 Å². The third kappa shape index (κ3) is 3.31. The first-order valence-corrected chi connectivity index (χ1v) is 12.3. The molecule has 34 heavy (non-hydrogen) atoms. The third-order valence-corrected chi connectivity index (χ3v) is 8.12. The topological polar surface area (TPSA) is 83.7 Å². The highest BCUT2D eigenvalue weighted by Crippen LogP contribution is 2.51. The molecule has 0 spiro atoms. The maximum Gasteiger partial charge on any atom is 0.255 e. The number of amides is 1. The number of morpholine rings is 1. The number of hydrogen-bond acceptors (Lipinski definition) is 6. The first-order chi connectivity index (χ1) is 16.5. The Bertz CT molecular complexity index is 1230. The monoisotopic (exact) mass is 481 g/mol.